The van der Waals surface area contributed by atoms with E-state index in [0.717, 1.165) is 32.5 Å². The maximum Gasteiger partial charge on any atom is 0.333 e. The molecule has 0 spiro atoms. The number of rotatable bonds is 6. The summed E-state index contributed by atoms with van der Waals surface area (Å²) in [6.07, 6.45) is 2.00. The van der Waals surface area contributed by atoms with Gasteiger partial charge in [0.15, 0.2) is 6.04 Å². The number of piperidine rings is 3. The van der Waals surface area contributed by atoms with Crippen molar-refractivity contribution in [2.75, 3.05) is 26.7 Å². The second-order valence-corrected chi connectivity index (χ2v) is 7.66. The number of amides is 1. The number of nitrogens with zero attached hydrogens (tertiary/aromatic N) is 1. The van der Waals surface area contributed by atoms with Gasteiger partial charge in [-0.25, -0.2) is 4.79 Å². The van der Waals surface area contributed by atoms with Gasteiger partial charge in [-0.05, 0) is 61.7 Å². The van der Waals surface area contributed by atoms with Crippen molar-refractivity contribution < 1.29 is 19.1 Å². The van der Waals surface area contributed by atoms with Crippen molar-refractivity contribution in [3.63, 3.8) is 0 Å². The predicted molar refractivity (Wildman–Crippen MR) is 109 cm³/mol. The highest BCUT2D eigenvalue weighted by Crippen LogP contribution is 2.31. The Hall–Kier alpha value is -2.86. The Morgan fingerprint density at radius 1 is 1.03 bits per heavy atom. The van der Waals surface area contributed by atoms with E-state index in [2.05, 4.69) is 10.2 Å². The Labute approximate surface area is 170 Å². The minimum atomic E-state index is -0.871. The first-order valence-corrected chi connectivity index (χ1v) is 10.1. The number of carbonyl (C=O) groups is 2. The summed E-state index contributed by atoms with van der Waals surface area (Å²) >= 11 is 0. The second-order valence-electron chi connectivity index (χ2n) is 7.66. The van der Waals surface area contributed by atoms with Crippen LogP contribution in [0.3, 0.4) is 0 Å². The molecule has 2 atom stereocenters. The average Bonchev–Trinajstić information content (AvgIpc) is 2.79. The Morgan fingerprint density at radius 3 is 2.31 bits per heavy atom. The number of carbonyl (C=O) groups excluding carboxylic acids is 2. The molecule has 0 aliphatic carbocycles. The van der Waals surface area contributed by atoms with Crippen LogP contribution in [0.25, 0.3) is 0 Å². The maximum atomic E-state index is 13.1. The van der Waals surface area contributed by atoms with Crippen LogP contribution < -0.4 is 10.1 Å². The molecule has 2 aromatic rings. The van der Waals surface area contributed by atoms with Gasteiger partial charge in [0.25, 0.3) is 5.91 Å². The minimum absolute atomic E-state index is 0.112. The lowest BCUT2D eigenvalue weighted by Gasteiger charge is -2.44. The Kier molecular flexibility index (Phi) is 5.81. The van der Waals surface area contributed by atoms with E-state index in [1.54, 1.807) is 55.6 Å². The van der Waals surface area contributed by atoms with Crippen molar-refractivity contribution in [1.82, 2.24) is 10.2 Å². The van der Waals surface area contributed by atoms with Gasteiger partial charge >= 0.3 is 5.97 Å². The van der Waals surface area contributed by atoms with E-state index >= 15 is 0 Å². The van der Waals surface area contributed by atoms with E-state index in [-0.39, 0.29) is 12.0 Å². The molecule has 2 aromatic carbocycles. The third kappa shape index (κ3) is 4.43. The predicted octanol–water partition coefficient (Wildman–Crippen LogP) is 2.80. The molecule has 5 rings (SSSR count). The molecule has 1 N–H and O–H groups in total. The van der Waals surface area contributed by atoms with E-state index in [1.807, 2.05) is 6.07 Å². The third-order valence-electron chi connectivity index (χ3n) is 5.86. The van der Waals surface area contributed by atoms with Crippen LogP contribution in [-0.2, 0) is 9.53 Å². The van der Waals surface area contributed by atoms with Gasteiger partial charge in [-0.2, -0.15) is 0 Å². The number of esters is 1. The monoisotopic (exact) mass is 394 g/mol. The van der Waals surface area contributed by atoms with Crippen molar-refractivity contribution in [2.24, 2.45) is 5.92 Å². The lowest BCUT2D eigenvalue weighted by Crippen LogP contribution is -2.52. The summed E-state index contributed by atoms with van der Waals surface area (Å²) in [6, 6.07) is 15.1. The van der Waals surface area contributed by atoms with Crippen LogP contribution in [0.5, 0.6) is 5.75 Å². The summed E-state index contributed by atoms with van der Waals surface area (Å²) in [7, 11) is 1.59. The summed E-state index contributed by atoms with van der Waals surface area (Å²) in [5.41, 5.74) is 1.17. The quantitative estimate of drug-likeness (QED) is 0.763. The van der Waals surface area contributed by atoms with Crippen molar-refractivity contribution in [3.05, 3.63) is 65.7 Å². The van der Waals surface area contributed by atoms with Crippen LogP contribution in [0.4, 0.5) is 0 Å². The number of nitrogens with one attached hydrogen (secondary N) is 1. The number of hydrogen-bond donors (Lipinski definition) is 1. The van der Waals surface area contributed by atoms with Gasteiger partial charge in [0.1, 0.15) is 11.9 Å². The summed E-state index contributed by atoms with van der Waals surface area (Å²) in [6.45, 7) is 2.93. The zero-order chi connectivity index (χ0) is 20.2. The number of benzene rings is 2. The summed E-state index contributed by atoms with van der Waals surface area (Å²) in [5, 5.41) is 2.85. The largest absolute Gasteiger partial charge is 0.497 e. The van der Waals surface area contributed by atoms with Crippen molar-refractivity contribution in [1.29, 1.82) is 0 Å². The first-order valence-electron chi connectivity index (χ1n) is 10.1. The molecule has 0 saturated carbocycles. The number of ether oxygens (including phenoxy) is 2. The van der Waals surface area contributed by atoms with Gasteiger partial charge in [-0.15, -0.1) is 0 Å². The van der Waals surface area contributed by atoms with Gasteiger partial charge < -0.3 is 14.8 Å². The van der Waals surface area contributed by atoms with E-state index in [4.69, 9.17) is 9.47 Å². The fourth-order valence-electron chi connectivity index (χ4n) is 4.14. The second kappa shape index (κ2) is 8.66. The van der Waals surface area contributed by atoms with Crippen LogP contribution in [0.15, 0.2) is 54.6 Å². The molecule has 2 bridgehead atoms. The molecule has 3 saturated heterocycles. The molecule has 1 amide bonds. The molecule has 1 unspecified atom stereocenters. The Morgan fingerprint density at radius 2 is 1.72 bits per heavy atom. The van der Waals surface area contributed by atoms with Gasteiger partial charge in [-0.3, -0.25) is 9.69 Å². The molecule has 0 aromatic heterocycles. The molecular weight excluding hydrogens is 368 g/mol. The number of methoxy groups -OCH3 is 1. The lowest BCUT2D eigenvalue weighted by molar-refractivity contribution is -0.161. The average molecular weight is 394 g/mol. The first kappa shape index (κ1) is 19.5. The zero-order valence-electron chi connectivity index (χ0n) is 16.5. The highest BCUT2D eigenvalue weighted by Gasteiger charge is 2.38. The van der Waals surface area contributed by atoms with E-state index in [0.29, 0.717) is 22.8 Å². The molecule has 152 valence electrons. The highest BCUT2D eigenvalue weighted by molar-refractivity contribution is 5.97. The molecule has 3 aliphatic rings. The molecule has 3 fully saturated rings. The summed E-state index contributed by atoms with van der Waals surface area (Å²) < 4.78 is 11.1. The zero-order valence-corrected chi connectivity index (χ0v) is 16.5. The fourth-order valence-corrected chi connectivity index (χ4v) is 4.14. The Bertz CT molecular complexity index is 845. The van der Waals surface area contributed by atoms with Crippen LogP contribution in [0.2, 0.25) is 0 Å². The molecule has 0 radical (unpaired) electrons. The van der Waals surface area contributed by atoms with Crippen LogP contribution >= 0.6 is 0 Å². The van der Waals surface area contributed by atoms with Crippen molar-refractivity contribution >= 4 is 11.9 Å². The summed E-state index contributed by atoms with van der Waals surface area (Å²) in [5.74, 6) is 0.369. The fraction of sp³-hybridized carbons (Fsp3) is 0.391. The van der Waals surface area contributed by atoms with Gasteiger partial charge in [0.2, 0.25) is 0 Å². The molecule has 29 heavy (non-hydrogen) atoms. The van der Waals surface area contributed by atoms with E-state index in [1.165, 1.54) is 0 Å². The van der Waals surface area contributed by atoms with Crippen LogP contribution in [0.1, 0.15) is 34.8 Å². The molecule has 3 heterocycles. The van der Waals surface area contributed by atoms with E-state index < -0.39 is 12.0 Å². The molecular formula is C23H26N2O4. The lowest BCUT2D eigenvalue weighted by atomic mass is 9.86. The molecule has 6 nitrogen and oxygen atoms in total. The standard InChI is InChI=1S/C23H26N2O4/c1-28-19-9-7-17(8-10-19)21(24-22(26)18-5-3-2-4-6-18)23(27)29-20-15-25-13-11-16(20)12-14-25/h2-10,16,20-21H,11-15H2,1H3,(H,24,26)/t20-,21?/m0/s1. The smallest absolute Gasteiger partial charge is 0.333 e. The number of hydrogen-bond acceptors (Lipinski definition) is 5. The van der Waals surface area contributed by atoms with Gasteiger partial charge in [0, 0.05) is 12.1 Å². The highest BCUT2D eigenvalue weighted by atomic mass is 16.5. The van der Waals surface area contributed by atoms with Crippen LogP contribution in [0, 0.1) is 5.92 Å². The Balaban J connectivity index is 1.53. The minimum Gasteiger partial charge on any atom is -0.497 e. The normalized spacial score (nSPS) is 23.8. The van der Waals surface area contributed by atoms with Crippen LogP contribution in [-0.4, -0.2) is 49.6 Å². The van der Waals surface area contributed by atoms with Gasteiger partial charge in [0.05, 0.1) is 7.11 Å². The SMILES string of the molecule is COc1ccc(C(NC(=O)c2ccccc2)C(=O)O[C@H]2CN3CCC2CC3)cc1. The third-order valence-corrected chi connectivity index (χ3v) is 5.86. The van der Waals surface area contributed by atoms with E-state index in [9.17, 15) is 9.59 Å². The maximum absolute atomic E-state index is 13.1. The number of fused-ring (bicyclic) bond motifs is 3. The topological polar surface area (TPSA) is 67.9 Å². The first-order chi connectivity index (χ1) is 14.1. The molecule has 6 heteroatoms. The van der Waals surface area contributed by atoms with Gasteiger partial charge in [-0.1, -0.05) is 30.3 Å². The summed E-state index contributed by atoms with van der Waals surface area (Å²) in [4.78, 5) is 28.2. The van der Waals surface area contributed by atoms with Crippen molar-refractivity contribution in [3.8, 4) is 5.75 Å². The molecule has 3 aliphatic heterocycles. The van der Waals surface area contributed by atoms with Crippen molar-refractivity contribution in [2.45, 2.75) is 25.0 Å².